The zero-order valence-corrected chi connectivity index (χ0v) is 50.0. The fourth-order valence-electron chi connectivity index (χ4n) is 11.3. The van der Waals surface area contributed by atoms with Crippen molar-refractivity contribution in [3.8, 4) is 0 Å². The summed E-state index contributed by atoms with van der Waals surface area (Å²) in [6, 6.07) is -0.967. The number of hydrogen-bond acceptors (Lipinski definition) is 18. The van der Waals surface area contributed by atoms with Crippen LogP contribution in [0.4, 0.5) is 0 Å². The number of unbranched alkanes of at least 4 members (excludes halogenated alkanes) is 33. The van der Waals surface area contributed by atoms with Crippen LogP contribution in [0.2, 0.25) is 0 Å². The van der Waals surface area contributed by atoms with Crippen molar-refractivity contribution in [3.63, 3.8) is 0 Å². The zero-order chi connectivity index (χ0) is 59.0. The van der Waals surface area contributed by atoms with Gasteiger partial charge in [0.1, 0.15) is 73.2 Å². The lowest BCUT2D eigenvalue weighted by atomic mass is 9.96. The normalized spacial score (nSPS) is 29.8. The summed E-state index contributed by atoms with van der Waals surface area (Å²) in [7, 11) is 0. The molecule has 17 atom stereocenters. The number of amides is 1. The van der Waals surface area contributed by atoms with Crippen LogP contribution in [0.1, 0.15) is 245 Å². The molecule has 3 saturated heterocycles. The molecular weight excluding hydrogens is 1050 g/mol. The highest BCUT2D eigenvalue weighted by molar-refractivity contribution is 5.76. The molecule has 0 radical (unpaired) electrons. The Hall–Kier alpha value is -1.47. The van der Waals surface area contributed by atoms with E-state index < -0.39 is 124 Å². The smallest absolute Gasteiger partial charge is 0.220 e. The number of rotatable bonds is 49. The van der Waals surface area contributed by atoms with Crippen LogP contribution in [0.5, 0.6) is 0 Å². The molecule has 0 saturated carbocycles. The van der Waals surface area contributed by atoms with Gasteiger partial charge in [-0.1, -0.05) is 231 Å². The van der Waals surface area contributed by atoms with Crippen LogP contribution in [0.25, 0.3) is 0 Å². The number of allylic oxidation sites excluding steroid dienone is 1. The number of carbonyl (C=O) groups is 1. The first-order valence-electron chi connectivity index (χ1n) is 32.4. The molecule has 478 valence electrons. The Morgan fingerprint density at radius 3 is 1.16 bits per heavy atom. The third kappa shape index (κ3) is 29.2. The lowest BCUT2D eigenvalue weighted by molar-refractivity contribution is -0.379. The van der Waals surface area contributed by atoms with Crippen molar-refractivity contribution in [1.29, 1.82) is 0 Å². The van der Waals surface area contributed by atoms with E-state index in [4.69, 9.17) is 28.4 Å². The van der Waals surface area contributed by atoms with Gasteiger partial charge >= 0.3 is 0 Å². The fraction of sp³-hybridized carbons (Fsp3) is 0.952. The number of aliphatic hydroxyl groups excluding tert-OH is 11. The molecule has 3 unspecified atom stereocenters. The highest BCUT2D eigenvalue weighted by Crippen LogP contribution is 2.33. The molecule has 3 rings (SSSR count). The van der Waals surface area contributed by atoms with Gasteiger partial charge < -0.3 is 89.9 Å². The molecule has 0 aromatic heterocycles. The number of aliphatic hydroxyl groups is 11. The van der Waals surface area contributed by atoms with Gasteiger partial charge in [0, 0.05) is 6.42 Å². The van der Waals surface area contributed by atoms with Crippen molar-refractivity contribution in [2.45, 2.75) is 349 Å². The maximum Gasteiger partial charge on any atom is 0.220 e. The molecule has 3 fully saturated rings. The number of carbonyl (C=O) groups excluding carboxylic acids is 1. The second-order valence-corrected chi connectivity index (χ2v) is 23.6. The van der Waals surface area contributed by atoms with Crippen molar-refractivity contribution in [2.24, 2.45) is 0 Å². The average molecular weight is 1160 g/mol. The molecule has 0 aromatic carbocycles. The van der Waals surface area contributed by atoms with Crippen molar-refractivity contribution >= 4 is 5.91 Å². The van der Waals surface area contributed by atoms with Crippen LogP contribution < -0.4 is 5.32 Å². The first kappa shape index (κ1) is 73.8. The molecule has 1 amide bonds. The summed E-state index contributed by atoms with van der Waals surface area (Å²) in [5.74, 6) is -0.271. The second-order valence-electron chi connectivity index (χ2n) is 23.6. The van der Waals surface area contributed by atoms with Crippen LogP contribution in [-0.2, 0) is 33.2 Å². The van der Waals surface area contributed by atoms with Gasteiger partial charge in [-0.25, -0.2) is 0 Å². The second kappa shape index (κ2) is 45.8. The highest BCUT2D eigenvalue weighted by Gasteiger charge is 2.53. The molecular formula is C62H117NO18. The van der Waals surface area contributed by atoms with Gasteiger partial charge in [-0.2, -0.15) is 0 Å². The van der Waals surface area contributed by atoms with Gasteiger partial charge in [0.2, 0.25) is 5.91 Å². The maximum atomic E-state index is 13.3. The standard InChI is InChI=1S/C62H117NO18/c1-3-5-7-9-11-13-15-17-18-19-20-21-22-23-24-25-26-28-30-32-34-36-38-40-50(68)63-45(46(67)39-37-35-33-31-29-27-16-14-12-10-8-6-4-2)44-76-60-56(74)53(71)58(48(42-65)78-60)81-62-57(75)54(72)59(49(43-66)79-62)80-61-55(73)52(70)51(69)47(41-64)77-61/h37,39,45-49,51-62,64-67,69-75H,3-36,38,40-44H2,1-2H3,(H,63,68)/b39-37+/t45?,46?,47-,48-,49-,51+,52+,53-,54-,55-,56-,57-,58-,59+,60?,61+,62+/m1/s1. The Morgan fingerprint density at radius 1 is 0.432 bits per heavy atom. The minimum atomic E-state index is -1.97. The zero-order valence-electron chi connectivity index (χ0n) is 50.0. The van der Waals surface area contributed by atoms with Crippen LogP contribution >= 0.6 is 0 Å². The van der Waals surface area contributed by atoms with Gasteiger partial charge in [-0.05, 0) is 19.3 Å². The summed E-state index contributed by atoms with van der Waals surface area (Å²) >= 11 is 0. The third-order valence-electron chi connectivity index (χ3n) is 16.6. The Labute approximate surface area is 486 Å². The molecule has 12 N–H and O–H groups in total. The maximum absolute atomic E-state index is 13.3. The van der Waals surface area contributed by atoms with Crippen molar-refractivity contribution < 1.29 is 89.4 Å². The molecule has 3 aliphatic rings. The quantitative estimate of drug-likeness (QED) is 0.0217. The number of ether oxygens (including phenoxy) is 6. The Bertz CT molecular complexity index is 1530. The third-order valence-corrected chi connectivity index (χ3v) is 16.6. The monoisotopic (exact) mass is 1160 g/mol. The first-order valence-corrected chi connectivity index (χ1v) is 32.4. The Morgan fingerprint density at radius 2 is 0.765 bits per heavy atom. The van der Waals surface area contributed by atoms with Crippen LogP contribution in [0, 0.1) is 0 Å². The molecule has 0 bridgehead atoms. The van der Waals surface area contributed by atoms with Crippen LogP contribution in [0.3, 0.4) is 0 Å². The van der Waals surface area contributed by atoms with Crippen LogP contribution in [0.15, 0.2) is 12.2 Å². The van der Waals surface area contributed by atoms with E-state index in [0.29, 0.717) is 6.42 Å². The number of hydrogen-bond donors (Lipinski definition) is 12. The summed E-state index contributed by atoms with van der Waals surface area (Å²) < 4.78 is 34.3. The van der Waals surface area contributed by atoms with E-state index in [9.17, 15) is 61.0 Å². The van der Waals surface area contributed by atoms with Gasteiger partial charge in [0.25, 0.3) is 0 Å². The van der Waals surface area contributed by atoms with E-state index in [1.807, 2.05) is 6.08 Å². The van der Waals surface area contributed by atoms with Gasteiger partial charge in [0.05, 0.1) is 38.6 Å². The molecule has 19 nitrogen and oxygen atoms in total. The van der Waals surface area contributed by atoms with Gasteiger partial charge in [0.15, 0.2) is 18.9 Å². The fourth-order valence-corrected chi connectivity index (χ4v) is 11.3. The molecule has 3 heterocycles. The van der Waals surface area contributed by atoms with Crippen molar-refractivity contribution in [1.82, 2.24) is 5.32 Å². The Balaban J connectivity index is 1.44. The van der Waals surface area contributed by atoms with Crippen molar-refractivity contribution in [2.75, 3.05) is 26.4 Å². The molecule has 19 heteroatoms. The Kier molecular flexibility index (Phi) is 41.7. The lowest BCUT2D eigenvalue weighted by Gasteiger charge is -2.48. The van der Waals surface area contributed by atoms with E-state index in [0.717, 1.165) is 44.9 Å². The summed E-state index contributed by atoms with van der Waals surface area (Å²) in [5, 5.41) is 120. The SMILES string of the molecule is CCCCCCCCCCCCC/C=C/C(O)C(COC1O[C@H](CO)[C@@H](O[C@@H]2O[C@H](CO)[C@H](O[C@@H]3O[C@H](CO)[C@H](O)[C@H](O)[C@H]3O)[C@H](O)[C@H]2O)[C@H](O)[C@H]1O)NC(=O)CCCCCCCCCCCCCCCCCCCCCCCCC. The molecule has 3 aliphatic heterocycles. The van der Waals surface area contributed by atoms with Gasteiger partial charge in [-0.3, -0.25) is 4.79 Å². The predicted molar refractivity (Wildman–Crippen MR) is 310 cm³/mol. The number of nitrogens with one attached hydrogen (secondary N) is 1. The minimum absolute atomic E-state index is 0.249. The van der Waals surface area contributed by atoms with Gasteiger partial charge in [-0.15, -0.1) is 0 Å². The lowest BCUT2D eigenvalue weighted by Crippen LogP contribution is -2.66. The predicted octanol–water partition coefficient (Wildman–Crippen LogP) is 6.94. The van der Waals surface area contributed by atoms with Crippen LogP contribution in [-0.4, -0.2) is 193 Å². The first-order chi connectivity index (χ1) is 39.3. The molecule has 81 heavy (non-hydrogen) atoms. The molecule has 0 aliphatic carbocycles. The summed E-state index contributed by atoms with van der Waals surface area (Å²) in [5.41, 5.74) is 0. The topological polar surface area (TPSA) is 307 Å². The van der Waals surface area contributed by atoms with E-state index in [1.54, 1.807) is 6.08 Å². The molecule has 0 aromatic rings. The van der Waals surface area contributed by atoms with E-state index in [1.165, 1.54) is 173 Å². The summed E-state index contributed by atoms with van der Waals surface area (Å²) in [6.07, 6.45) is 20.5. The minimum Gasteiger partial charge on any atom is -0.394 e. The van der Waals surface area contributed by atoms with E-state index in [2.05, 4.69) is 19.2 Å². The summed E-state index contributed by atoms with van der Waals surface area (Å²) in [4.78, 5) is 13.3. The average Bonchev–Trinajstić information content (AvgIpc) is 3.57. The largest absolute Gasteiger partial charge is 0.394 e. The van der Waals surface area contributed by atoms with E-state index in [-0.39, 0.29) is 18.9 Å². The summed E-state index contributed by atoms with van der Waals surface area (Å²) in [6.45, 7) is 1.74. The highest BCUT2D eigenvalue weighted by atomic mass is 16.8. The molecule has 0 spiro atoms. The van der Waals surface area contributed by atoms with Crippen molar-refractivity contribution in [3.05, 3.63) is 12.2 Å². The van der Waals surface area contributed by atoms with E-state index >= 15 is 0 Å².